The fourth-order valence-corrected chi connectivity index (χ4v) is 0.862. The van der Waals surface area contributed by atoms with Crippen LogP contribution in [-0.4, -0.2) is 44.2 Å². The molecule has 0 fully saturated rings. The van der Waals surface area contributed by atoms with Gasteiger partial charge in [-0.25, -0.2) is 0 Å². The van der Waals surface area contributed by atoms with Gasteiger partial charge in [-0.3, -0.25) is 4.99 Å². The van der Waals surface area contributed by atoms with E-state index in [-0.39, 0.29) is 0 Å². The van der Waals surface area contributed by atoms with Crippen molar-refractivity contribution in [3.05, 3.63) is 0 Å². The van der Waals surface area contributed by atoms with Gasteiger partial charge in [0.25, 0.3) is 0 Å². The number of alkyl halides is 3. The van der Waals surface area contributed by atoms with Crippen LogP contribution >= 0.6 is 0 Å². The predicted octanol–water partition coefficient (Wildman–Crippen LogP) is 1.07. The number of halogens is 3. The van der Waals surface area contributed by atoms with Crippen LogP contribution in [0, 0.1) is 0 Å². The molecule has 0 bridgehead atoms. The van der Waals surface area contributed by atoms with Gasteiger partial charge in [0.1, 0.15) is 0 Å². The molecular weight excluding hydrogens is 183 g/mol. The number of rotatable bonds is 2. The number of hydrogen-bond acceptors (Lipinski definition) is 2. The Kier molecular flexibility index (Phi) is 4.19. The number of hydrogen-bond donors (Lipinski definition) is 1. The quantitative estimate of drug-likeness (QED) is 0.407. The lowest BCUT2D eigenvalue weighted by Crippen LogP contribution is -2.48. The molecule has 0 spiro atoms. The van der Waals surface area contributed by atoms with E-state index in [9.17, 15) is 13.2 Å². The van der Waals surface area contributed by atoms with E-state index in [4.69, 9.17) is 0 Å². The van der Waals surface area contributed by atoms with Gasteiger partial charge in [0, 0.05) is 14.1 Å². The maximum absolute atomic E-state index is 12.3. The molecule has 78 valence electrons. The number of nitrogens with one attached hydrogen (secondary N) is 1. The third-order valence-electron chi connectivity index (χ3n) is 1.80. The molecule has 6 heteroatoms. The van der Waals surface area contributed by atoms with Crippen LogP contribution in [0.25, 0.3) is 0 Å². The first-order valence-corrected chi connectivity index (χ1v) is 3.78. The van der Waals surface area contributed by atoms with Crippen molar-refractivity contribution in [1.29, 1.82) is 0 Å². The van der Waals surface area contributed by atoms with E-state index in [1.165, 1.54) is 7.05 Å². The first-order valence-electron chi connectivity index (χ1n) is 3.78. The molecule has 13 heavy (non-hydrogen) atoms. The molecule has 0 aromatic heterocycles. The molecular formula is C7H14F3N3. The van der Waals surface area contributed by atoms with Gasteiger partial charge in [0.2, 0.25) is 5.84 Å². The van der Waals surface area contributed by atoms with Crippen molar-refractivity contribution in [1.82, 2.24) is 10.2 Å². The van der Waals surface area contributed by atoms with E-state index < -0.39 is 18.2 Å². The molecule has 3 nitrogen and oxygen atoms in total. The molecule has 0 saturated heterocycles. The number of amidine groups is 1. The molecule has 0 saturated carbocycles. The average Bonchev–Trinajstić information content (AvgIpc) is 2.01. The number of nitrogens with zero attached hydrogens (tertiary/aromatic N) is 2. The zero-order valence-corrected chi connectivity index (χ0v) is 8.11. The largest absolute Gasteiger partial charge is 0.449 e. The third-order valence-corrected chi connectivity index (χ3v) is 1.80. The molecule has 0 radical (unpaired) electrons. The van der Waals surface area contributed by atoms with Crippen molar-refractivity contribution in [3.63, 3.8) is 0 Å². The summed E-state index contributed by atoms with van der Waals surface area (Å²) in [6.07, 6.45) is -4.80. The van der Waals surface area contributed by atoms with Crippen LogP contribution in [0.2, 0.25) is 0 Å². The Morgan fingerprint density at radius 2 is 1.92 bits per heavy atom. The van der Waals surface area contributed by atoms with E-state index >= 15 is 0 Å². The summed E-state index contributed by atoms with van der Waals surface area (Å²) in [5, 5.41) is 2.70. The Morgan fingerprint density at radius 1 is 1.46 bits per heavy atom. The molecule has 0 amide bonds. The summed E-state index contributed by atoms with van der Waals surface area (Å²) in [5.41, 5.74) is 0. The second-order valence-electron chi connectivity index (χ2n) is 2.62. The Bertz CT molecular complexity index is 188. The maximum Gasteiger partial charge on any atom is 0.449 e. The highest BCUT2D eigenvalue weighted by Crippen LogP contribution is 2.19. The lowest BCUT2D eigenvalue weighted by atomic mass is 10.4. The van der Waals surface area contributed by atoms with Gasteiger partial charge in [0.15, 0.2) is 0 Å². The van der Waals surface area contributed by atoms with Gasteiger partial charge in [-0.1, -0.05) is 0 Å². The zero-order valence-electron chi connectivity index (χ0n) is 8.11. The Balaban J connectivity index is 4.62. The average molecular weight is 197 g/mol. The lowest BCUT2D eigenvalue weighted by Gasteiger charge is -2.28. The molecule has 0 aliphatic heterocycles. The van der Waals surface area contributed by atoms with Crippen molar-refractivity contribution in [2.45, 2.75) is 19.3 Å². The molecule has 0 aromatic carbocycles. The lowest BCUT2D eigenvalue weighted by molar-refractivity contribution is -0.0697. The highest BCUT2D eigenvalue weighted by atomic mass is 19.4. The molecule has 1 N–H and O–H groups in total. The third kappa shape index (κ3) is 3.22. The van der Waals surface area contributed by atoms with Crippen LogP contribution in [0.4, 0.5) is 13.2 Å². The Morgan fingerprint density at radius 3 is 2.15 bits per heavy atom. The summed E-state index contributed by atoms with van der Waals surface area (Å²) in [6.45, 7) is 1.62. The Labute approximate surface area is 75.6 Å². The second-order valence-corrected chi connectivity index (χ2v) is 2.62. The predicted molar refractivity (Wildman–Crippen MR) is 45.7 cm³/mol. The van der Waals surface area contributed by atoms with Gasteiger partial charge in [0.05, 0.1) is 6.17 Å². The van der Waals surface area contributed by atoms with Gasteiger partial charge in [-0.15, -0.1) is 0 Å². The molecule has 0 heterocycles. The normalized spacial score (nSPS) is 15.8. The van der Waals surface area contributed by atoms with E-state index in [1.807, 2.05) is 0 Å². The van der Waals surface area contributed by atoms with Crippen molar-refractivity contribution in [2.75, 3.05) is 21.1 Å². The van der Waals surface area contributed by atoms with Crippen molar-refractivity contribution >= 4 is 5.84 Å². The van der Waals surface area contributed by atoms with E-state index in [2.05, 4.69) is 10.3 Å². The van der Waals surface area contributed by atoms with Crippen LogP contribution in [0.15, 0.2) is 4.99 Å². The molecule has 0 aromatic rings. The van der Waals surface area contributed by atoms with Crippen LogP contribution < -0.4 is 5.32 Å². The second kappa shape index (κ2) is 4.45. The van der Waals surface area contributed by atoms with Crippen LogP contribution in [0.3, 0.4) is 0 Å². The minimum atomic E-state index is -4.39. The topological polar surface area (TPSA) is 27.6 Å². The minimum absolute atomic E-state index is 0.402. The molecule has 0 aliphatic rings. The molecule has 0 rings (SSSR count). The zero-order chi connectivity index (χ0) is 10.6. The van der Waals surface area contributed by atoms with Crippen molar-refractivity contribution in [2.24, 2.45) is 4.99 Å². The highest BCUT2D eigenvalue weighted by Gasteiger charge is 2.39. The highest BCUT2D eigenvalue weighted by molar-refractivity contribution is 5.87. The SMILES string of the molecule is CN=C(N(C)C(C)NC)C(F)(F)F. The van der Waals surface area contributed by atoms with Crippen LogP contribution in [0.1, 0.15) is 6.92 Å². The fraction of sp³-hybridized carbons (Fsp3) is 0.857. The summed E-state index contributed by atoms with van der Waals surface area (Å²) >= 11 is 0. The van der Waals surface area contributed by atoms with Gasteiger partial charge in [-0.2, -0.15) is 13.2 Å². The summed E-state index contributed by atoms with van der Waals surface area (Å²) in [4.78, 5) is 4.25. The van der Waals surface area contributed by atoms with E-state index in [0.29, 0.717) is 0 Å². The number of aliphatic imine (C=N–C) groups is 1. The van der Waals surface area contributed by atoms with E-state index in [1.54, 1.807) is 14.0 Å². The summed E-state index contributed by atoms with van der Waals surface area (Å²) < 4.78 is 36.8. The Hall–Kier alpha value is -0.780. The van der Waals surface area contributed by atoms with Gasteiger partial charge >= 0.3 is 6.18 Å². The van der Waals surface area contributed by atoms with Crippen molar-refractivity contribution < 1.29 is 13.2 Å². The van der Waals surface area contributed by atoms with Crippen molar-refractivity contribution in [3.8, 4) is 0 Å². The van der Waals surface area contributed by atoms with Crippen LogP contribution in [0.5, 0.6) is 0 Å². The van der Waals surface area contributed by atoms with E-state index in [0.717, 1.165) is 11.9 Å². The van der Waals surface area contributed by atoms with Gasteiger partial charge in [-0.05, 0) is 14.0 Å². The summed E-state index contributed by atoms with van der Waals surface area (Å²) in [5.74, 6) is -0.880. The minimum Gasteiger partial charge on any atom is -0.341 e. The van der Waals surface area contributed by atoms with Crippen LogP contribution in [-0.2, 0) is 0 Å². The summed E-state index contributed by atoms with van der Waals surface area (Å²) in [6, 6.07) is 0. The summed E-state index contributed by atoms with van der Waals surface area (Å²) in [7, 11) is 4.06. The first kappa shape index (κ1) is 12.2. The molecule has 1 unspecified atom stereocenters. The van der Waals surface area contributed by atoms with Gasteiger partial charge < -0.3 is 10.2 Å². The molecule has 0 aliphatic carbocycles. The maximum atomic E-state index is 12.3. The first-order chi connectivity index (χ1) is 5.84. The standard InChI is InChI=1S/C7H14F3N3/c1-5(11-2)13(4)6(12-3)7(8,9)10/h5,11H,1-4H3. The smallest absolute Gasteiger partial charge is 0.341 e. The molecule has 1 atom stereocenters. The monoisotopic (exact) mass is 197 g/mol. The fourth-order valence-electron chi connectivity index (χ4n) is 0.862.